The smallest absolute Gasteiger partial charge is 0.243 e. The summed E-state index contributed by atoms with van der Waals surface area (Å²) in [6, 6.07) is -0.363. The second-order valence-corrected chi connectivity index (χ2v) is 3.93. The summed E-state index contributed by atoms with van der Waals surface area (Å²) in [5, 5.41) is 7.97. The highest BCUT2D eigenvalue weighted by atomic mass is 16.2. The van der Waals surface area contributed by atoms with Gasteiger partial charge in [0.1, 0.15) is 18.5 Å². The molecule has 7 nitrogen and oxygen atoms in total. The van der Waals surface area contributed by atoms with Crippen molar-refractivity contribution < 1.29 is 4.79 Å². The van der Waals surface area contributed by atoms with Crippen LogP contribution in [-0.4, -0.2) is 35.6 Å². The first-order valence-electron chi connectivity index (χ1n) is 5.48. The quantitative estimate of drug-likeness (QED) is 0.776. The summed E-state index contributed by atoms with van der Waals surface area (Å²) in [6.45, 7) is 5.88. The van der Waals surface area contributed by atoms with Crippen molar-refractivity contribution in [3.05, 3.63) is 24.3 Å². The number of aromatic nitrogens is 6. The van der Waals surface area contributed by atoms with E-state index in [0.717, 1.165) is 4.68 Å². The molecular weight excluding hydrogens is 220 g/mol. The SMILES string of the molecule is CCc1nc(C(C)C)n(C(=O)n2cncn2)n1. The van der Waals surface area contributed by atoms with Crippen LogP contribution in [0.25, 0.3) is 0 Å². The molecule has 7 heteroatoms. The van der Waals surface area contributed by atoms with Crippen LogP contribution in [0, 0.1) is 0 Å². The van der Waals surface area contributed by atoms with Gasteiger partial charge in [0.05, 0.1) is 0 Å². The third-order valence-electron chi connectivity index (χ3n) is 2.30. The molecule has 0 fully saturated rings. The molecule has 0 aliphatic carbocycles. The van der Waals surface area contributed by atoms with Gasteiger partial charge in [-0.2, -0.15) is 14.5 Å². The summed E-state index contributed by atoms with van der Waals surface area (Å²) < 4.78 is 2.43. The minimum Gasteiger partial charge on any atom is -0.243 e. The summed E-state index contributed by atoms with van der Waals surface area (Å²) in [5.41, 5.74) is 0. The molecule has 0 radical (unpaired) electrons. The molecule has 0 saturated carbocycles. The minimum absolute atomic E-state index is 0.121. The van der Waals surface area contributed by atoms with Gasteiger partial charge in [0, 0.05) is 12.3 Å². The fraction of sp³-hybridized carbons (Fsp3) is 0.500. The lowest BCUT2D eigenvalue weighted by Gasteiger charge is -2.05. The first kappa shape index (κ1) is 11.4. The Morgan fingerprint density at radius 2 is 2.24 bits per heavy atom. The number of carbonyl (C=O) groups is 1. The van der Waals surface area contributed by atoms with Gasteiger partial charge in [-0.15, -0.1) is 5.10 Å². The van der Waals surface area contributed by atoms with Crippen molar-refractivity contribution in [2.24, 2.45) is 0 Å². The van der Waals surface area contributed by atoms with Gasteiger partial charge in [0.2, 0.25) is 0 Å². The Hall–Kier alpha value is -2.05. The minimum atomic E-state index is -0.363. The first-order valence-corrected chi connectivity index (χ1v) is 5.48. The topological polar surface area (TPSA) is 78.5 Å². The van der Waals surface area contributed by atoms with Crippen molar-refractivity contribution in [1.82, 2.24) is 29.5 Å². The van der Waals surface area contributed by atoms with E-state index in [2.05, 4.69) is 20.2 Å². The molecule has 0 bridgehead atoms. The Morgan fingerprint density at radius 1 is 1.47 bits per heavy atom. The summed E-state index contributed by atoms with van der Waals surface area (Å²) in [5.74, 6) is 1.42. The predicted octanol–water partition coefficient (Wildman–Crippen LogP) is 1.07. The number of hydrogen-bond acceptors (Lipinski definition) is 5. The first-order chi connectivity index (χ1) is 8.13. The fourth-order valence-electron chi connectivity index (χ4n) is 1.44. The van der Waals surface area contributed by atoms with Crippen molar-refractivity contribution in [3.63, 3.8) is 0 Å². The Kier molecular flexibility index (Phi) is 2.99. The predicted molar refractivity (Wildman–Crippen MR) is 59.7 cm³/mol. The maximum atomic E-state index is 12.1. The van der Waals surface area contributed by atoms with Crippen LogP contribution in [-0.2, 0) is 6.42 Å². The molecule has 2 rings (SSSR count). The zero-order chi connectivity index (χ0) is 12.4. The molecule has 0 amide bonds. The van der Waals surface area contributed by atoms with Crippen LogP contribution in [0.5, 0.6) is 0 Å². The standard InChI is InChI=1S/C10H14N6O/c1-4-8-13-9(7(2)3)16(14-8)10(17)15-6-11-5-12-15/h5-7H,4H2,1-3H3. The van der Waals surface area contributed by atoms with E-state index in [1.54, 1.807) is 0 Å². The van der Waals surface area contributed by atoms with Gasteiger partial charge in [-0.05, 0) is 0 Å². The molecule has 2 heterocycles. The van der Waals surface area contributed by atoms with E-state index in [1.165, 1.54) is 17.3 Å². The van der Waals surface area contributed by atoms with Crippen LogP contribution >= 0.6 is 0 Å². The molecule has 17 heavy (non-hydrogen) atoms. The Bertz CT molecular complexity index is 513. The average Bonchev–Trinajstić information content (AvgIpc) is 2.97. The molecule has 0 saturated heterocycles. The van der Waals surface area contributed by atoms with Crippen LogP contribution < -0.4 is 0 Å². The van der Waals surface area contributed by atoms with Gasteiger partial charge in [-0.3, -0.25) is 0 Å². The van der Waals surface area contributed by atoms with Crippen LogP contribution in [0.1, 0.15) is 38.3 Å². The van der Waals surface area contributed by atoms with Gasteiger partial charge in [-0.25, -0.2) is 14.8 Å². The third kappa shape index (κ3) is 2.08. The van der Waals surface area contributed by atoms with Crippen LogP contribution in [0.2, 0.25) is 0 Å². The molecule has 0 aliphatic rings. The van der Waals surface area contributed by atoms with E-state index < -0.39 is 0 Å². The summed E-state index contributed by atoms with van der Waals surface area (Å²) in [6.07, 6.45) is 3.35. The highest BCUT2D eigenvalue weighted by Crippen LogP contribution is 2.12. The fourth-order valence-corrected chi connectivity index (χ4v) is 1.44. The summed E-state index contributed by atoms with van der Waals surface area (Å²) >= 11 is 0. The van der Waals surface area contributed by atoms with Crippen LogP contribution in [0.4, 0.5) is 4.79 Å². The lowest BCUT2D eigenvalue weighted by Crippen LogP contribution is -2.23. The van der Waals surface area contributed by atoms with Gasteiger partial charge in [-0.1, -0.05) is 20.8 Å². The van der Waals surface area contributed by atoms with Crippen LogP contribution in [0.3, 0.4) is 0 Å². The number of aryl methyl sites for hydroxylation is 1. The zero-order valence-electron chi connectivity index (χ0n) is 10.0. The van der Waals surface area contributed by atoms with E-state index in [-0.39, 0.29) is 11.9 Å². The highest BCUT2D eigenvalue weighted by molar-refractivity contribution is 5.77. The van der Waals surface area contributed by atoms with Crippen molar-refractivity contribution in [2.75, 3.05) is 0 Å². The van der Waals surface area contributed by atoms with E-state index in [9.17, 15) is 4.79 Å². The maximum Gasteiger partial charge on any atom is 0.372 e. The number of hydrogen-bond donors (Lipinski definition) is 0. The van der Waals surface area contributed by atoms with Crippen molar-refractivity contribution in [3.8, 4) is 0 Å². The van der Waals surface area contributed by atoms with E-state index >= 15 is 0 Å². The Labute approximate surface area is 98.5 Å². The molecule has 2 aromatic rings. The lowest BCUT2D eigenvalue weighted by atomic mass is 10.2. The van der Waals surface area contributed by atoms with Gasteiger partial charge >= 0.3 is 6.03 Å². The normalized spacial score (nSPS) is 11.1. The average molecular weight is 234 g/mol. The monoisotopic (exact) mass is 234 g/mol. The number of carbonyl (C=O) groups excluding carboxylic acids is 1. The number of rotatable bonds is 2. The molecule has 0 spiro atoms. The van der Waals surface area contributed by atoms with E-state index in [0.29, 0.717) is 18.1 Å². The molecular formula is C10H14N6O. The third-order valence-corrected chi connectivity index (χ3v) is 2.30. The van der Waals surface area contributed by atoms with E-state index in [1.807, 2.05) is 20.8 Å². The maximum absolute atomic E-state index is 12.1. The Morgan fingerprint density at radius 3 is 2.76 bits per heavy atom. The van der Waals surface area contributed by atoms with Gasteiger partial charge in [0.25, 0.3) is 0 Å². The van der Waals surface area contributed by atoms with E-state index in [4.69, 9.17) is 0 Å². The molecule has 0 aliphatic heterocycles. The summed E-state index contributed by atoms with van der Waals surface area (Å²) in [4.78, 5) is 20.2. The second kappa shape index (κ2) is 4.44. The highest BCUT2D eigenvalue weighted by Gasteiger charge is 2.19. The van der Waals surface area contributed by atoms with Crippen molar-refractivity contribution >= 4 is 6.03 Å². The molecule has 90 valence electrons. The van der Waals surface area contributed by atoms with Gasteiger partial charge < -0.3 is 0 Å². The largest absolute Gasteiger partial charge is 0.372 e. The Balaban J connectivity index is 2.43. The zero-order valence-corrected chi connectivity index (χ0v) is 10.0. The molecule has 0 atom stereocenters. The molecule has 0 aromatic carbocycles. The van der Waals surface area contributed by atoms with Crippen LogP contribution in [0.15, 0.2) is 12.7 Å². The molecule has 0 N–H and O–H groups in total. The second-order valence-electron chi connectivity index (χ2n) is 3.93. The number of nitrogens with zero attached hydrogens (tertiary/aromatic N) is 6. The molecule has 0 unspecified atom stereocenters. The summed E-state index contributed by atoms with van der Waals surface area (Å²) in [7, 11) is 0. The van der Waals surface area contributed by atoms with Gasteiger partial charge in [0.15, 0.2) is 5.82 Å². The van der Waals surface area contributed by atoms with Crippen molar-refractivity contribution in [1.29, 1.82) is 0 Å². The lowest BCUT2D eigenvalue weighted by molar-refractivity contribution is 0.237. The van der Waals surface area contributed by atoms with Crippen molar-refractivity contribution in [2.45, 2.75) is 33.1 Å². The molecule has 2 aromatic heterocycles.